The predicted octanol–water partition coefficient (Wildman–Crippen LogP) is 4.71. The molecule has 0 saturated heterocycles. The van der Waals surface area contributed by atoms with E-state index in [0.29, 0.717) is 18.1 Å². The molecule has 0 saturated carbocycles. The highest BCUT2D eigenvalue weighted by molar-refractivity contribution is 7.92. The van der Waals surface area contributed by atoms with E-state index in [0.717, 1.165) is 16.7 Å². The van der Waals surface area contributed by atoms with E-state index >= 15 is 0 Å². The Balaban J connectivity index is 1.72. The maximum Gasteiger partial charge on any atom is 0.263 e. The van der Waals surface area contributed by atoms with Gasteiger partial charge in [-0.25, -0.2) is 13.1 Å². The van der Waals surface area contributed by atoms with E-state index in [4.69, 9.17) is 0 Å². The zero-order chi connectivity index (χ0) is 20.3. The van der Waals surface area contributed by atoms with Crippen LogP contribution in [0.5, 0.6) is 0 Å². The van der Waals surface area contributed by atoms with Crippen molar-refractivity contribution in [1.29, 1.82) is 0 Å². The molecule has 146 valence electrons. The largest absolute Gasteiger partial charge is 0.264 e. The zero-order valence-corrected chi connectivity index (χ0v) is 16.8. The minimum absolute atomic E-state index is 0.219. The number of benzene rings is 3. The van der Waals surface area contributed by atoms with E-state index in [1.165, 1.54) is 0 Å². The summed E-state index contributed by atoms with van der Waals surface area (Å²) in [5.74, 6) is 0.424. The van der Waals surface area contributed by atoms with E-state index in [1.54, 1.807) is 35.0 Å². The quantitative estimate of drug-likeness (QED) is 0.507. The lowest BCUT2D eigenvalue weighted by atomic mass is 10.2. The molecular weight excluding hydrogens is 382 g/mol. The Morgan fingerprint density at radius 1 is 0.862 bits per heavy atom. The molecule has 0 unspecified atom stereocenters. The van der Waals surface area contributed by atoms with Crippen molar-refractivity contribution in [2.24, 2.45) is 0 Å². The molecule has 1 aromatic heterocycles. The molecule has 0 aliphatic heterocycles. The summed E-state index contributed by atoms with van der Waals surface area (Å²) in [6.07, 6.45) is 0. The average molecular weight is 404 g/mol. The van der Waals surface area contributed by atoms with Crippen molar-refractivity contribution >= 4 is 15.8 Å². The summed E-state index contributed by atoms with van der Waals surface area (Å²) in [7, 11) is -3.72. The van der Waals surface area contributed by atoms with Crippen LogP contribution in [0.2, 0.25) is 0 Å². The number of nitrogens with one attached hydrogen (secondary N) is 1. The van der Waals surface area contributed by atoms with Gasteiger partial charge in [0.15, 0.2) is 0 Å². The third kappa shape index (κ3) is 4.38. The fourth-order valence-electron chi connectivity index (χ4n) is 3.04. The Morgan fingerprint density at radius 2 is 1.48 bits per heavy atom. The van der Waals surface area contributed by atoms with Gasteiger partial charge in [0.1, 0.15) is 5.82 Å². The van der Waals surface area contributed by atoms with Gasteiger partial charge in [-0.05, 0) is 24.6 Å². The van der Waals surface area contributed by atoms with Crippen molar-refractivity contribution in [2.45, 2.75) is 18.4 Å². The second-order valence-corrected chi connectivity index (χ2v) is 8.53. The van der Waals surface area contributed by atoms with Crippen LogP contribution in [0.25, 0.3) is 11.3 Å². The maximum absolute atomic E-state index is 12.9. The van der Waals surface area contributed by atoms with Crippen molar-refractivity contribution in [3.05, 3.63) is 102 Å². The fourth-order valence-corrected chi connectivity index (χ4v) is 4.09. The highest BCUT2D eigenvalue weighted by atomic mass is 32.2. The van der Waals surface area contributed by atoms with Gasteiger partial charge in [0, 0.05) is 11.6 Å². The van der Waals surface area contributed by atoms with Crippen molar-refractivity contribution in [2.75, 3.05) is 4.72 Å². The molecule has 4 aromatic rings. The standard InChI is InChI=1S/C23H21N3O2S/c1-18-12-14-21(15-13-18)29(27,28)25-23-16-22(20-10-6-3-7-11-20)24-26(23)17-19-8-4-2-5-9-19/h2-16,25H,17H2,1H3. The van der Waals surface area contributed by atoms with Crippen LogP contribution in [0, 0.1) is 6.92 Å². The van der Waals surface area contributed by atoms with Crippen LogP contribution in [-0.2, 0) is 16.6 Å². The maximum atomic E-state index is 12.9. The first kappa shape index (κ1) is 19.0. The molecule has 0 amide bonds. The lowest BCUT2D eigenvalue weighted by Crippen LogP contribution is -2.16. The molecule has 0 aliphatic rings. The minimum atomic E-state index is -3.72. The minimum Gasteiger partial charge on any atom is -0.264 e. The molecule has 1 heterocycles. The monoisotopic (exact) mass is 403 g/mol. The van der Waals surface area contributed by atoms with Crippen LogP contribution in [0.15, 0.2) is 95.9 Å². The summed E-state index contributed by atoms with van der Waals surface area (Å²) in [6, 6.07) is 28.1. The van der Waals surface area contributed by atoms with E-state index < -0.39 is 10.0 Å². The van der Waals surface area contributed by atoms with Gasteiger partial charge in [0.25, 0.3) is 10.0 Å². The van der Waals surface area contributed by atoms with Gasteiger partial charge in [-0.2, -0.15) is 5.10 Å². The van der Waals surface area contributed by atoms with Crippen LogP contribution < -0.4 is 4.72 Å². The summed E-state index contributed by atoms with van der Waals surface area (Å²) >= 11 is 0. The Labute approximate surface area is 170 Å². The van der Waals surface area contributed by atoms with Gasteiger partial charge in [-0.1, -0.05) is 78.4 Å². The number of nitrogens with zero attached hydrogens (tertiary/aromatic N) is 2. The molecule has 4 rings (SSSR count). The van der Waals surface area contributed by atoms with E-state index in [-0.39, 0.29) is 4.90 Å². The molecule has 3 aromatic carbocycles. The van der Waals surface area contributed by atoms with Crippen LogP contribution in [0.3, 0.4) is 0 Å². The SMILES string of the molecule is Cc1ccc(S(=O)(=O)Nc2cc(-c3ccccc3)nn2Cc2ccccc2)cc1. The smallest absolute Gasteiger partial charge is 0.263 e. The van der Waals surface area contributed by atoms with Gasteiger partial charge in [0.05, 0.1) is 17.1 Å². The van der Waals surface area contributed by atoms with Crippen LogP contribution in [-0.4, -0.2) is 18.2 Å². The lowest BCUT2D eigenvalue weighted by Gasteiger charge is -2.11. The first-order valence-corrected chi connectivity index (χ1v) is 10.8. The van der Waals surface area contributed by atoms with Crippen LogP contribution in [0.1, 0.15) is 11.1 Å². The van der Waals surface area contributed by atoms with Gasteiger partial charge in [-0.15, -0.1) is 0 Å². The molecule has 0 fully saturated rings. The number of sulfonamides is 1. The normalized spacial score (nSPS) is 11.3. The lowest BCUT2D eigenvalue weighted by molar-refractivity contribution is 0.599. The van der Waals surface area contributed by atoms with Gasteiger partial charge in [-0.3, -0.25) is 4.72 Å². The number of aromatic nitrogens is 2. The second-order valence-electron chi connectivity index (χ2n) is 6.84. The highest BCUT2D eigenvalue weighted by Crippen LogP contribution is 2.25. The number of hydrogen-bond acceptors (Lipinski definition) is 3. The predicted molar refractivity (Wildman–Crippen MR) is 115 cm³/mol. The summed E-state index contributed by atoms with van der Waals surface area (Å²) < 4.78 is 30.2. The summed E-state index contributed by atoms with van der Waals surface area (Å²) in [4.78, 5) is 0.219. The number of hydrogen-bond donors (Lipinski definition) is 1. The zero-order valence-electron chi connectivity index (χ0n) is 16.0. The molecular formula is C23H21N3O2S. The molecule has 0 atom stereocenters. The summed E-state index contributed by atoms with van der Waals surface area (Å²) in [5.41, 5.74) is 3.67. The first-order chi connectivity index (χ1) is 14.0. The molecule has 29 heavy (non-hydrogen) atoms. The molecule has 0 bridgehead atoms. The number of aryl methyl sites for hydroxylation is 1. The summed E-state index contributed by atoms with van der Waals surface area (Å²) in [5, 5.41) is 4.66. The van der Waals surface area contributed by atoms with Gasteiger partial charge >= 0.3 is 0 Å². The number of rotatable bonds is 6. The van der Waals surface area contributed by atoms with Crippen molar-refractivity contribution in [3.8, 4) is 11.3 Å². The average Bonchev–Trinajstić information content (AvgIpc) is 3.11. The fraction of sp³-hybridized carbons (Fsp3) is 0.0870. The van der Waals surface area contributed by atoms with Crippen molar-refractivity contribution in [1.82, 2.24) is 9.78 Å². The second kappa shape index (κ2) is 7.93. The third-order valence-corrected chi connectivity index (χ3v) is 5.97. The van der Waals surface area contributed by atoms with E-state index in [2.05, 4.69) is 9.82 Å². The molecule has 0 radical (unpaired) electrons. The molecule has 0 spiro atoms. The topological polar surface area (TPSA) is 64.0 Å². The van der Waals surface area contributed by atoms with Gasteiger partial charge < -0.3 is 0 Å². The molecule has 0 aliphatic carbocycles. The van der Waals surface area contributed by atoms with Crippen LogP contribution in [0.4, 0.5) is 5.82 Å². The summed E-state index contributed by atoms with van der Waals surface area (Å²) in [6.45, 7) is 2.38. The van der Waals surface area contributed by atoms with Gasteiger partial charge in [0.2, 0.25) is 0 Å². The Bertz CT molecular complexity index is 1200. The van der Waals surface area contributed by atoms with Crippen molar-refractivity contribution < 1.29 is 8.42 Å². The molecule has 6 heteroatoms. The van der Waals surface area contributed by atoms with E-state index in [9.17, 15) is 8.42 Å². The van der Waals surface area contributed by atoms with E-state index in [1.807, 2.05) is 67.6 Å². The highest BCUT2D eigenvalue weighted by Gasteiger charge is 2.18. The Morgan fingerprint density at radius 3 is 2.14 bits per heavy atom. The first-order valence-electron chi connectivity index (χ1n) is 9.28. The third-order valence-electron chi connectivity index (χ3n) is 4.59. The Kier molecular flexibility index (Phi) is 5.18. The molecule has 5 nitrogen and oxygen atoms in total. The Hall–Kier alpha value is -3.38. The van der Waals surface area contributed by atoms with Crippen molar-refractivity contribution in [3.63, 3.8) is 0 Å². The number of anilines is 1. The van der Waals surface area contributed by atoms with Crippen LogP contribution >= 0.6 is 0 Å². The molecule has 1 N–H and O–H groups in total.